The van der Waals surface area contributed by atoms with E-state index >= 15 is 0 Å². The van der Waals surface area contributed by atoms with E-state index in [0.29, 0.717) is 9.87 Å². The molecule has 0 fully saturated rings. The molecule has 0 saturated heterocycles. The Labute approximate surface area is 116 Å². The van der Waals surface area contributed by atoms with Gasteiger partial charge in [-0.1, -0.05) is 0 Å². The Kier molecular flexibility index (Phi) is 4.21. The third-order valence-electron chi connectivity index (χ3n) is 2.77. The molecule has 0 aliphatic rings. The van der Waals surface area contributed by atoms with Crippen LogP contribution in [0.1, 0.15) is 31.1 Å². The van der Waals surface area contributed by atoms with Crippen molar-refractivity contribution in [3.05, 3.63) is 29.8 Å². The predicted molar refractivity (Wildman–Crippen MR) is 72.2 cm³/mol. The topological polar surface area (TPSA) is 112 Å². The Bertz CT molecular complexity index is 632. The highest BCUT2D eigenvalue weighted by atomic mass is 32.2. The van der Waals surface area contributed by atoms with Gasteiger partial charge in [0.2, 0.25) is 0 Å². The molecule has 2 N–H and O–H groups in total. The molecular weight excluding hydrogens is 286 g/mol. The quantitative estimate of drug-likeness (QED) is 0.627. The fraction of sp³-hybridized carbons (Fsp3) is 0.333. The number of carbonyl (C=O) groups is 2. The van der Waals surface area contributed by atoms with Crippen LogP contribution in [0.25, 0.3) is 0 Å². The van der Waals surface area contributed by atoms with Gasteiger partial charge < -0.3 is 5.11 Å². The summed E-state index contributed by atoms with van der Waals surface area (Å²) in [7, 11) is -4.79. The summed E-state index contributed by atoms with van der Waals surface area (Å²) in [5, 5.41) is 9.11. The highest BCUT2D eigenvalue weighted by Crippen LogP contribution is 2.27. The molecule has 7 nitrogen and oxygen atoms in total. The lowest BCUT2D eigenvalue weighted by Gasteiger charge is -2.33. The molecule has 1 aromatic rings. The summed E-state index contributed by atoms with van der Waals surface area (Å²) in [5.41, 5.74) is -1.59. The van der Waals surface area contributed by atoms with Crippen LogP contribution in [-0.4, -0.2) is 35.4 Å². The summed E-state index contributed by atoms with van der Waals surface area (Å²) in [4.78, 5) is 22.3. The molecule has 0 aliphatic carbocycles. The van der Waals surface area contributed by atoms with E-state index in [0.717, 1.165) is 13.8 Å². The van der Waals surface area contributed by atoms with Gasteiger partial charge >= 0.3 is 16.3 Å². The van der Waals surface area contributed by atoms with Gasteiger partial charge in [-0.3, -0.25) is 9.35 Å². The van der Waals surface area contributed by atoms with Crippen molar-refractivity contribution >= 4 is 27.7 Å². The Morgan fingerprint density at radius 1 is 1.15 bits per heavy atom. The normalized spacial score (nSPS) is 12.0. The zero-order valence-corrected chi connectivity index (χ0v) is 12.0. The van der Waals surface area contributed by atoms with Gasteiger partial charge in [-0.05, 0) is 45.0 Å². The molecule has 0 spiro atoms. The zero-order chi connectivity index (χ0) is 15.7. The fourth-order valence-corrected chi connectivity index (χ4v) is 2.71. The molecule has 110 valence electrons. The average Bonchev–Trinajstić information content (AvgIpc) is 2.27. The van der Waals surface area contributed by atoms with Gasteiger partial charge in [0, 0.05) is 5.56 Å². The maximum Gasteiger partial charge on any atom is 0.361 e. The number of anilines is 1. The molecule has 0 aliphatic heterocycles. The first-order valence-corrected chi connectivity index (χ1v) is 7.00. The minimum atomic E-state index is -4.79. The van der Waals surface area contributed by atoms with Crippen LogP contribution in [0.2, 0.25) is 0 Å². The molecule has 1 rings (SSSR count). The van der Waals surface area contributed by atoms with Gasteiger partial charge in [0.15, 0.2) is 5.78 Å². The van der Waals surface area contributed by atoms with Crippen molar-refractivity contribution in [2.45, 2.75) is 26.3 Å². The number of carboxylic acid groups (broad SMARTS) is 1. The van der Waals surface area contributed by atoms with Crippen molar-refractivity contribution in [3.8, 4) is 0 Å². The summed E-state index contributed by atoms with van der Waals surface area (Å²) < 4.78 is 32.5. The summed E-state index contributed by atoms with van der Waals surface area (Å²) >= 11 is 0. The highest BCUT2D eigenvalue weighted by Gasteiger charge is 2.41. The van der Waals surface area contributed by atoms with Gasteiger partial charge in [0.25, 0.3) is 0 Å². The Morgan fingerprint density at radius 3 is 1.90 bits per heavy atom. The predicted octanol–water partition coefficient (Wildman–Crippen LogP) is 1.36. The van der Waals surface area contributed by atoms with Crippen LogP contribution in [-0.2, 0) is 15.1 Å². The second-order valence-electron chi connectivity index (χ2n) is 4.71. The number of benzene rings is 1. The van der Waals surface area contributed by atoms with Gasteiger partial charge in [0.05, 0.1) is 5.69 Å². The number of rotatable bonds is 5. The summed E-state index contributed by atoms with van der Waals surface area (Å²) in [6.45, 7) is 3.63. The highest BCUT2D eigenvalue weighted by molar-refractivity contribution is 7.87. The first kappa shape index (κ1) is 16.1. The molecule has 20 heavy (non-hydrogen) atoms. The molecule has 0 unspecified atom stereocenters. The lowest BCUT2D eigenvalue weighted by atomic mass is 10.0. The largest absolute Gasteiger partial charge is 0.479 e. The number of aliphatic carboxylic acids is 1. The zero-order valence-electron chi connectivity index (χ0n) is 11.2. The van der Waals surface area contributed by atoms with E-state index in [1.165, 1.54) is 31.2 Å². The van der Waals surface area contributed by atoms with Crippen molar-refractivity contribution in [2.75, 3.05) is 4.31 Å². The fourth-order valence-electron chi connectivity index (χ4n) is 1.66. The maximum atomic E-state index is 11.5. The van der Waals surface area contributed by atoms with Crippen molar-refractivity contribution in [3.63, 3.8) is 0 Å². The van der Waals surface area contributed by atoms with Gasteiger partial charge in [0.1, 0.15) is 5.54 Å². The number of nitrogens with zero attached hydrogens (tertiary/aromatic N) is 1. The minimum absolute atomic E-state index is 0.0510. The van der Waals surface area contributed by atoms with Crippen molar-refractivity contribution in [1.82, 2.24) is 0 Å². The number of Topliss-reactive ketones (excluding diaryl/α,β-unsaturated/α-hetero) is 1. The number of hydrogen-bond acceptors (Lipinski definition) is 4. The summed E-state index contributed by atoms with van der Waals surface area (Å²) in [5.74, 6) is -1.64. The smallest absolute Gasteiger partial charge is 0.361 e. The molecule has 0 atom stereocenters. The number of ketones is 1. The second kappa shape index (κ2) is 5.22. The lowest BCUT2D eigenvalue weighted by Crippen LogP contribution is -2.53. The van der Waals surface area contributed by atoms with E-state index in [2.05, 4.69) is 0 Å². The van der Waals surface area contributed by atoms with Crippen LogP contribution in [0.3, 0.4) is 0 Å². The molecule has 0 bridgehead atoms. The van der Waals surface area contributed by atoms with Gasteiger partial charge in [-0.25, -0.2) is 9.10 Å². The van der Waals surface area contributed by atoms with E-state index in [4.69, 9.17) is 5.11 Å². The average molecular weight is 301 g/mol. The van der Waals surface area contributed by atoms with Crippen LogP contribution >= 0.6 is 0 Å². The molecule has 0 amide bonds. The van der Waals surface area contributed by atoms with Crippen molar-refractivity contribution in [1.29, 1.82) is 0 Å². The van der Waals surface area contributed by atoms with E-state index in [1.807, 2.05) is 0 Å². The molecule has 0 aromatic heterocycles. The van der Waals surface area contributed by atoms with Crippen LogP contribution in [0.4, 0.5) is 5.69 Å². The molecular formula is C12H15NO6S. The second-order valence-corrected chi connectivity index (χ2v) is 5.97. The number of hydrogen-bond donors (Lipinski definition) is 2. The number of carboxylic acids is 1. The molecule has 1 aromatic carbocycles. The third kappa shape index (κ3) is 3.14. The standard InChI is InChI=1S/C12H15NO6S/c1-8(14)9-4-6-10(7-5-9)13(20(17,18)19)12(2,3)11(15)16/h4-7H,1-3H3,(H,15,16)(H,17,18,19). The first-order chi connectivity index (χ1) is 8.98. The Hall–Kier alpha value is -1.93. The molecule has 0 saturated carbocycles. The monoisotopic (exact) mass is 301 g/mol. The minimum Gasteiger partial charge on any atom is -0.479 e. The van der Waals surface area contributed by atoms with Crippen LogP contribution in [0.5, 0.6) is 0 Å². The summed E-state index contributed by atoms with van der Waals surface area (Å²) in [6, 6.07) is 5.23. The van der Waals surface area contributed by atoms with E-state index in [9.17, 15) is 22.6 Å². The third-order valence-corrected chi connectivity index (χ3v) is 3.90. The molecule has 0 radical (unpaired) electrons. The lowest BCUT2D eigenvalue weighted by molar-refractivity contribution is -0.141. The first-order valence-electron chi connectivity index (χ1n) is 5.60. The Morgan fingerprint density at radius 2 is 1.60 bits per heavy atom. The van der Waals surface area contributed by atoms with Crippen LogP contribution < -0.4 is 4.31 Å². The van der Waals surface area contributed by atoms with E-state index < -0.39 is 21.8 Å². The van der Waals surface area contributed by atoms with Crippen molar-refractivity contribution < 1.29 is 27.7 Å². The van der Waals surface area contributed by atoms with E-state index in [1.54, 1.807) is 0 Å². The number of carbonyl (C=O) groups excluding carboxylic acids is 1. The van der Waals surface area contributed by atoms with E-state index in [-0.39, 0.29) is 11.5 Å². The van der Waals surface area contributed by atoms with Gasteiger partial charge in [-0.15, -0.1) is 0 Å². The molecule has 8 heteroatoms. The summed E-state index contributed by atoms with van der Waals surface area (Å²) in [6.07, 6.45) is 0. The molecule has 0 heterocycles. The maximum absolute atomic E-state index is 11.5. The van der Waals surface area contributed by atoms with Crippen LogP contribution in [0.15, 0.2) is 24.3 Å². The van der Waals surface area contributed by atoms with Crippen LogP contribution in [0, 0.1) is 0 Å². The SMILES string of the molecule is CC(=O)c1ccc(N(C(C)(C)C(=O)O)S(=O)(=O)O)cc1. The van der Waals surface area contributed by atoms with Gasteiger partial charge in [-0.2, -0.15) is 8.42 Å². The Balaban J connectivity index is 3.41. The van der Waals surface area contributed by atoms with Crippen molar-refractivity contribution in [2.24, 2.45) is 0 Å².